The van der Waals surface area contributed by atoms with Crippen LogP contribution in [0, 0.1) is 5.41 Å². The number of rotatable bonds is 4. The van der Waals surface area contributed by atoms with Crippen LogP contribution in [0.4, 0.5) is 11.4 Å². The minimum Gasteiger partial charge on any atom is -0.504 e. The Labute approximate surface area is 211 Å². The topological polar surface area (TPSA) is 78.9 Å². The van der Waals surface area contributed by atoms with Gasteiger partial charge in [-0.05, 0) is 60.7 Å². The Hall–Kier alpha value is -4.06. The number of carbonyl (C=O) groups is 2. The number of Topliss-reactive ketones (excluding diaryl/α,β-unsaturated/α-hetero) is 1. The molecule has 0 saturated heterocycles. The molecule has 3 aromatic carbocycles. The molecule has 184 valence electrons. The third-order valence-electron chi connectivity index (χ3n) is 6.74. The molecule has 0 spiro atoms. The highest BCUT2D eigenvalue weighted by Crippen LogP contribution is 2.49. The molecule has 0 unspecified atom stereocenters. The van der Waals surface area contributed by atoms with E-state index in [2.05, 4.69) is 19.2 Å². The molecule has 6 heteroatoms. The standard InChI is InChI=1S/C30H30N2O4/c1-4-36-26-16-20(14-15-24(26)33)28-27-22(17-30(2,3)18-25(27)34)31-21-12-8-9-13-23(21)32(28)29(35)19-10-6-5-7-11-19/h5-16,28,31,33H,4,17-18H2,1-3H3/t28-/m0/s1. The van der Waals surface area contributed by atoms with E-state index >= 15 is 0 Å². The SMILES string of the molecule is CCOc1cc([C@H]2C3=C(CC(C)(C)CC3=O)Nc3ccccc3N2C(=O)c2ccccc2)ccc1O. The van der Waals surface area contributed by atoms with Gasteiger partial charge >= 0.3 is 0 Å². The highest BCUT2D eigenvalue weighted by molar-refractivity contribution is 6.12. The number of anilines is 2. The summed E-state index contributed by atoms with van der Waals surface area (Å²) in [7, 11) is 0. The number of ketones is 1. The number of para-hydroxylation sites is 2. The van der Waals surface area contributed by atoms with Gasteiger partial charge in [0.25, 0.3) is 5.91 Å². The molecule has 2 N–H and O–H groups in total. The second-order valence-corrected chi connectivity index (χ2v) is 10.1. The van der Waals surface area contributed by atoms with Gasteiger partial charge in [0.15, 0.2) is 17.3 Å². The molecule has 1 aliphatic carbocycles. The summed E-state index contributed by atoms with van der Waals surface area (Å²) >= 11 is 0. The van der Waals surface area contributed by atoms with Crippen molar-refractivity contribution in [2.45, 2.75) is 39.7 Å². The molecule has 36 heavy (non-hydrogen) atoms. The van der Waals surface area contributed by atoms with Crippen LogP contribution >= 0.6 is 0 Å². The summed E-state index contributed by atoms with van der Waals surface area (Å²) < 4.78 is 5.68. The fourth-order valence-corrected chi connectivity index (χ4v) is 5.22. The van der Waals surface area contributed by atoms with Gasteiger partial charge < -0.3 is 15.2 Å². The van der Waals surface area contributed by atoms with Gasteiger partial charge in [0.1, 0.15) is 0 Å². The number of allylic oxidation sites excluding steroid dienone is 1. The van der Waals surface area contributed by atoms with Crippen molar-refractivity contribution < 1.29 is 19.4 Å². The number of ether oxygens (including phenoxy) is 1. The van der Waals surface area contributed by atoms with Gasteiger partial charge in [0, 0.05) is 23.3 Å². The molecule has 0 radical (unpaired) electrons. The Kier molecular flexibility index (Phi) is 6.04. The third kappa shape index (κ3) is 4.24. The zero-order valence-corrected chi connectivity index (χ0v) is 20.7. The number of hydrogen-bond donors (Lipinski definition) is 2. The summed E-state index contributed by atoms with van der Waals surface area (Å²) in [5.41, 5.74) is 3.85. The lowest BCUT2D eigenvalue weighted by molar-refractivity contribution is -0.118. The van der Waals surface area contributed by atoms with Crippen molar-refractivity contribution in [3.05, 3.63) is 95.2 Å². The van der Waals surface area contributed by atoms with E-state index in [0.717, 1.165) is 11.4 Å². The molecule has 5 rings (SSSR count). The van der Waals surface area contributed by atoms with Crippen LogP contribution in [-0.2, 0) is 4.79 Å². The molecule has 2 aliphatic rings. The monoisotopic (exact) mass is 482 g/mol. The Morgan fingerprint density at radius 1 is 1.06 bits per heavy atom. The Bertz CT molecular complexity index is 1360. The van der Waals surface area contributed by atoms with Gasteiger partial charge in [-0.2, -0.15) is 0 Å². The summed E-state index contributed by atoms with van der Waals surface area (Å²) in [4.78, 5) is 29.7. The highest BCUT2D eigenvalue weighted by atomic mass is 16.5. The van der Waals surface area contributed by atoms with Crippen LogP contribution < -0.4 is 15.0 Å². The van der Waals surface area contributed by atoms with Crippen LogP contribution in [-0.4, -0.2) is 23.4 Å². The molecule has 0 bridgehead atoms. The molecule has 1 amide bonds. The van der Waals surface area contributed by atoms with Gasteiger partial charge in [-0.1, -0.05) is 50.2 Å². The first-order valence-electron chi connectivity index (χ1n) is 12.3. The maximum Gasteiger partial charge on any atom is 0.259 e. The molecule has 6 nitrogen and oxygen atoms in total. The van der Waals surface area contributed by atoms with Crippen molar-refractivity contribution in [1.82, 2.24) is 0 Å². The maximum absolute atomic E-state index is 14.2. The number of phenols is 1. The largest absolute Gasteiger partial charge is 0.504 e. The number of aromatic hydroxyl groups is 1. The summed E-state index contributed by atoms with van der Waals surface area (Å²) in [6.45, 7) is 6.39. The van der Waals surface area contributed by atoms with Gasteiger partial charge in [-0.15, -0.1) is 0 Å². The molecule has 1 atom stereocenters. The average Bonchev–Trinajstić information content (AvgIpc) is 2.99. The van der Waals surface area contributed by atoms with E-state index in [9.17, 15) is 14.7 Å². The zero-order valence-electron chi connectivity index (χ0n) is 20.7. The molecule has 0 fully saturated rings. The van der Waals surface area contributed by atoms with E-state index in [1.165, 1.54) is 0 Å². The van der Waals surface area contributed by atoms with E-state index in [1.807, 2.05) is 49.4 Å². The first kappa shape index (κ1) is 23.7. The van der Waals surface area contributed by atoms with Crippen LogP contribution in [0.2, 0.25) is 0 Å². The van der Waals surface area contributed by atoms with Gasteiger partial charge in [0.05, 0.1) is 24.0 Å². The van der Waals surface area contributed by atoms with Gasteiger partial charge in [-0.25, -0.2) is 0 Å². The Morgan fingerprint density at radius 3 is 2.53 bits per heavy atom. The molecule has 3 aromatic rings. The molecule has 1 heterocycles. The van der Waals surface area contributed by atoms with Crippen LogP contribution in [0.1, 0.15) is 55.6 Å². The Balaban J connectivity index is 1.80. The van der Waals surface area contributed by atoms with Crippen molar-refractivity contribution in [3.8, 4) is 11.5 Å². The Morgan fingerprint density at radius 2 is 1.78 bits per heavy atom. The number of carbonyl (C=O) groups excluding carboxylic acids is 2. The number of nitrogens with zero attached hydrogens (tertiary/aromatic N) is 1. The lowest BCUT2D eigenvalue weighted by Crippen LogP contribution is -2.39. The lowest BCUT2D eigenvalue weighted by Gasteiger charge is -2.37. The predicted molar refractivity (Wildman–Crippen MR) is 140 cm³/mol. The summed E-state index contributed by atoms with van der Waals surface area (Å²) in [5, 5.41) is 13.9. The van der Waals surface area contributed by atoms with Crippen molar-refractivity contribution >= 4 is 23.1 Å². The summed E-state index contributed by atoms with van der Waals surface area (Å²) in [5.74, 6) is 0.119. The average molecular weight is 483 g/mol. The maximum atomic E-state index is 14.2. The molecule has 0 aromatic heterocycles. The highest BCUT2D eigenvalue weighted by Gasteiger charge is 2.43. The van der Waals surface area contributed by atoms with E-state index in [0.29, 0.717) is 47.6 Å². The van der Waals surface area contributed by atoms with Crippen LogP contribution in [0.15, 0.2) is 84.1 Å². The van der Waals surface area contributed by atoms with Crippen molar-refractivity contribution in [3.63, 3.8) is 0 Å². The fourth-order valence-electron chi connectivity index (χ4n) is 5.22. The third-order valence-corrected chi connectivity index (χ3v) is 6.74. The number of fused-ring (bicyclic) bond motifs is 1. The molecular formula is C30H30N2O4. The minimum atomic E-state index is -0.702. The second-order valence-electron chi connectivity index (χ2n) is 10.1. The van der Waals surface area contributed by atoms with E-state index in [1.54, 1.807) is 35.2 Å². The second kappa shape index (κ2) is 9.19. The minimum absolute atomic E-state index is 0.00320. The predicted octanol–water partition coefficient (Wildman–Crippen LogP) is 6.25. The first-order valence-corrected chi connectivity index (χ1v) is 12.3. The number of nitrogens with one attached hydrogen (secondary N) is 1. The van der Waals surface area contributed by atoms with Gasteiger partial charge in [-0.3, -0.25) is 14.5 Å². The van der Waals surface area contributed by atoms with Crippen molar-refractivity contribution in [2.75, 3.05) is 16.8 Å². The van der Waals surface area contributed by atoms with Crippen molar-refractivity contribution in [2.24, 2.45) is 5.41 Å². The molecular weight excluding hydrogens is 452 g/mol. The fraction of sp³-hybridized carbons (Fsp3) is 0.267. The van der Waals surface area contributed by atoms with Crippen molar-refractivity contribution in [1.29, 1.82) is 0 Å². The van der Waals surface area contributed by atoms with E-state index in [4.69, 9.17) is 4.74 Å². The zero-order chi connectivity index (χ0) is 25.4. The van der Waals surface area contributed by atoms with E-state index < -0.39 is 6.04 Å². The van der Waals surface area contributed by atoms with Crippen LogP contribution in [0.5, 0.6) is 11.5 Å². The normalized spacial score (nSPS) is 18.6. The van der Waals surface area contributed by atoms with E-state index in [-0.39, 0.29) is 22.9 Å². The van der Waals surface area contributed by atoms with Crippen LogP contribution in [0.3, 0.4) is 0 Å². The molecule has 0 saturated carbocycles. The van der Waals surface area contributed by atoms with Crippen LogP contribution in [0.25, 0.3) is 0 Å². The number of phenolic OH excluding ortho intramolecular Hbond substituents is 1. The number of amides is 1. The molecule has 1 aliphatic heterocycles. The first-order chi connectivity index (χ1) is 17.3. The smallest absolute Gasteiger partial charge is 0.259 e. The summed E-state index contributed by atoms with van der Waals surface area (Å²) in [6, 6.07) is 21.1. The number of benzene rings is 3. The summed E-state index contributed by atoms with van der Waals surface area (Å²) in [6.07, 6.45) is 1.05. The number of hydrogen-bond acceptors (Lipinski definition) is 5. The quantitative estimate of drug-likeness (QED) is 0.460. The van der Waals surface area contributed by atoms with Gasteiger partial charge in [0.2, 0.25) is 0 Å². The lowest BCUT2D eigenvalue weighted by atomic mass is 9.73.